The summed E-state index contributed by atoms with van der Waals surface area (Å²) in [5.41, 5.74) is -3.44. The van der Waals surface area contributed by atoms with Gasteiger partial charge in [-0.25, -0.2) is 13.6 Å². The lowest BCUT2D eigenvalue weighted by atomic mass is 9.96. The molecule has 1 fully saturated rings. The quantitative estimate of drug-likeness (QED) is 0.513. The average molecular weight is 304 g/mol. The molecular weight excluding hydrogens is 294 g/mol. The van der Waals surface area contributed by atoms with E-state index in [-0.39, 0.29) is 0 Å². The second-order valence-corrected chi connectivity index (χ2v) is 4.63. The predicted octanol–water partition coefficient (Wildman–Crippen LogP) is -0.363. The molecule has 20 heavy (non-hydrogen) atoms. The molecule has 0 saturated carbocycles. The lowest BCUT2D eigenvalue weighted by Gasteiger charge is -2.25. The molecule has 0 aromatic carbocycles. The van der Waals surface area contributed by atoms with E-state index in [0.29, 0.717) is 10.8 Å². The number of terminal acetylenes is 1. The summed E-state index contributed by atoms with van der Waals surface area (Å²) in [6.07, 6.45) is 0.477. The molecule has 0 bridgehead atoms. The monoisotopic (exact) mass is 304 g/mol. The lowest BCUT2D eigenvalue weighted by molar-refractivity contribution is -0.0753. The summed E-state index contributed by atoms with van der Waals surface area (Å²) >= 11 is 4.53. The van der Waals surface area contributed by atoms with Crippen molar-refractivity contribution in [3.8, 4) is 12.3 Å². The number of hydrogen-bond donors (Lipinski definition) is 3. The highest BCUT2D eigenvalue weighted by Gasteiger charge is 2.57. The van der Waals surface area contributed by atoms with E-state index in [1.165, 1.54) is 0 Å². The third-order valence-electron chi connectivity index (χ3n) is 3.02. The highest BCUT2D eigenvalue weighted by molar-refractivity contribution is 7.71. The largest absolute Gasteiger partial charge is 0.394 e. The highest BCUT2D eigenvalue weighted by atomic mass is 32.1. The van der Waals surface area contributed by atoms with E-state index >= 15 is 0 Å². The van der Waals surface area contributed by atoms with E-state index in [1.54, 1.807) is 5.92 Å². The molecule has 1 aromatic rings. The summed E-state index contributed by atoms with van der Waals surface area (Å²) in [5.74, 6) is 0.819. The number of halogens is 2. The van der Waals surface area contributed by atoms with Gasteiger partial charge in [-0.05, 0) is 0 Å². The molecule has 4 atom stereocenters. The molecule has 1 aliphatic heterocycles. The SMILES string of the molecule is C#CC1(O)[C@@H](F)[C@@H](CO)O[C@H]1n1cc(F)c(=S)[nH]c1=O. The van der Waals surface area contributed by atoms with E-state index in [9.17, 15) is 18.7 Å². The maximum absolute atomic E-state index is 14.0. The zero-order valence-corrected chi connectivity index (χ0v) is 10.7. The molecule has 1 saturated heterocycles. The van der Waals surface area contributed by atoms with Crippen LogP contribution in [0.2, 0.25) is 0 Å². The summed E-state index contributed by atoms with van der Waals surface area (Å²) < 4.78 is 32.5. The number of aromatic amines is 1. The Morgan fingerprint density at radius 1 is 1.70 bits per heavy atom. The van der Waals surface area contributed by atoms with E-state index in [1.807, 2.05) is 4.98 Å². The van der Waals surface area contributed by atoms with Crippen molar-refractivity contribution in [2.45, 2.75) is 24.1 Å². The van der Waals surface area contributed by atoms with Crippen LogP contribution in [0.1, 0.15) is 6.23 Å². The van der Waals surface area contributed by atoms with Gasteiger partial charge >= 0.3 is 5.69 Å². The Hall–Kier alpha value is -1.60. The van der Waals surface area contributed by atoms with Crippen LogP contribution in [0.25, 0.3) is 0 Å². The van der Waals surface area contributed by atoms with Crippen LogP contribution in [0, 0.1) is 22.8 Å². The molecule has 1 aliphatic rings. The summed E-state index contributed by atoms with van der Waals surface area (Å²) in [5, 5.41) is 19.1. The van der Waals surface area contributed by atoms with Crippen LogP contribution in [0.5, 0.6) is 0 Å². The normalized spacial score (nSPS) is 33.0. The van der Waals surface area contributed by atoms with Crippen LogP contribution < -0.4 is 5.69 Å². The highest BCUT2D eigenvalue weighted by Crippen LogP contribution is 2.39. The van der Waals surface area contributed by atoms with Crippen LogP contribution >= 0.6 is 12.2 Å². The Bertz CT molecular complexity index is 682. The molecule has 0 spiro atoms. The smallest absolute Gasteiger partial charge is 0.328 e. The van der Waals surface area contributed by atoms with Gasteiger partial charge in [0.1, 0.15) is 10.7 Å². The maximum atomic E-state index is 14.0. The number of rotatable bonds is 2. The Morgan fingerprint density at radius 3 is 2.90 bits per heavy atom. The first-order chi connectivity index (χ1) is 9.35. The van der Waals surface area contributed by atoms with E-state index in [2.05, 4.69) is 12.2 Å². The van der Waals surface area contributed by atoms with Gasteiger partial charge in [0.15, 0.2) is 18.2 Å². The van der Waals surface area contributed by atoms with Gasteiger partial charge in [-0.15, -0.1) is 6.42 Å². The summed E-state index contributed by atoms with van der Waals surface area (Å²) in [7, 11) is 0. The lowest BCUT2D eigenvalue weighted by Crippen LogP contribution is -2.45. The molecule has 2 rings (SSSR count). The van der Waals surface area contributed by atoms with Crippen molar-refractivity contribution in [3.63, 3.8) is 0 Å². The second kappa shape index (κ2) is 5.06. The fourth-order valence-electron chi connectivity index (χ4n) is 1.96. The standard InChI is InChI=1S/C11H10F2N2O4S/c1-2-11(18)7(13)6(4-16)19-9(11)15-3-5(12)8(20)14-10(15)17/h1,3,6-7,9,16,18H,4H2,(H,14,17,20)/t6-,7+,9-,11?/m1/s1. The van der Waals surface area contributed by atoms with Crippen LogP contribution in [-0.4, -0.2) is 44.2 Å². The topological polar surface area (TPSA) is 87.5 Å². The number of ether oxygens (including phenoxy) is 1. The number of alkyl halides is 1. The number of nitrogens with zero attached hydrogens (tertiary/aromatic N) is 1. The number of H-pyrrole nitrogens is 1. The third-order valence-corrected chi connectivity index (χ3v) is 3.31. The fourth-order valence-corrected chi connectivity index (χ4v) is 2.10. The second-order valence-electron chi connectivity index (χ2n) is 4.22. The summed E-state index contributed by atoms with van der Waals surface area (Å²) in [4.78, 5) is 13.7. The molecule has 1 unspecified atom stereocenters. The molecule has 9 heteroatoms. The summed E-state index contributed by atoms with van der Waals surface area (Å²) in [6.45, 7) is -0.762. The van der Waals surface area contributed by atoms with Crippen LogP contribution in [0.15, 0.2) is 11.0 Å². The van der Waals surface area contributed by atoms with Crippen molar-refractivity contribution in [1.82, 2.24) is 9.55 Å². The van der Waals surface area contributed by atoms with Gasteiger partial charge in [-0.2, -0.15) is 0 Å². The first-order valence-electron chi connectivity index (χ1n) is 5.46. The van der Waals surface area contributed by atoms with Gasteiger partial charge in [-0.1, -0.05) is 18.1 Å². The minimum atomic E-state index is -2.51. The van der Waals surface area contributed by atoms with Gasteiger partial charge in [0, 0.05) is 0 Å². The Balaban J connectivity index is 2.58. The summed E-state index contributed by atoms with van der Waals surface area (Å²) in [6, 6.07) is 0. The van der Waals surface area contributed by atoms with Crippen molar-refractivity contribution < 1.29 is 23.7 Å². The maximum Gasteiger partial charge on any atom is 0.328 e. The molecule has 108 valence electrons. The van der Waals surface area contributed by atoms with Crippen LogP contribution in [0.4, 0.5) is 8.78 Å². The predicted molar refractivity (Wildman–Crippen MR) is 65.5 cm³/mol. The molecule has 0 amide bonds. The fraction of sp³-hybridized carbons (Fsp3) is 0.455. The van der Waals surface area contributed by atoms with Crippen molar-refractivity contribution in [2.24, 2.45) is 0 Å². The Kier molecular flexibility index (Phi) is 3.75. The molecule has 3 N–H and O–H groups in total. The van der Waals surface area contributed by atoms with Crippen molar-refractivity contribution in [1.29, 1.82) is 0 Å². The Morgan fingerprint density at radius 2 is 2.35 bits per heavy atom. The number of hydrogen-bond acceptors (Lipinski definition) is 5. The zero-order chi connectivity index (χ0) is 15.1. The van der Waals surface area contributed by atoms with Gasteiger partial charge in [0.25, 0.3) is 0 Å². The van der Waals surface area contributed by atoms with Gasteiger partial charge in [0.05, 0.1) is 12.8 Å². The number of aliphatic hydroxyl groups is 2. The van der Waals surface area contributed by atoms with Crippen molar-refractivity contribution in [3.05, 3.63) is 27.1 Å². The van der Waals surface area contributed by atoms with Crippen LogP contribution in [-0.2, 0) is 4.74 Å². The van der Waals surface area contributed by atoms with Crippen LogP contribution in [0.3, 0.4) is 0 Å². The van der Waals surface area contributed by atoms with E-state index in [4.69, 9.17) is 16.3 Å². The average Bonchev–Trinajstić information content (AvgIpc) is 2.67. The minimum absolute atomic E-state index is 0.441. The van der Waals surface area contributed by atoms with E-state index in [0.717, 1.165) is 0 Å². The Labute approximate surface area is 116 Å². The molecule has 0 aliphatic carbocycles. The van der Waals surface area contributed by atoms with E-state index < -0.39 is 46.9 Å². The van der Waals surface area contributed by atoms with Gasteiger partial charge in [-0.3, -0.25) is 9.55 Å². The third kappa shape index (κ3) is 2.06. The molecule has 2 heterocycles. The molecular formula is C11H10F2N2O4S. The zero-order valence-electron chi connectivity index (χ0n) is 9.92. The first-order valence-corrected chi connectivity index (χ1v) is 5.87. The number of aromatic nitrogens is 2. The number of aliphatic hydroxyl groups excluding tert-OH is 1. The first kappa shape index (κ1) is 14.8. The molecule has 6 nitrogen and oxygen atoms in total. The molecule has 1 aromatic heterocycles. The number of nitrogens with one attached hydrogen (secondary N) is 1. The van der Waals surface area contributed by atoms with Gasteiger partial charge in [0.2, 0.25) is 5.60 Å². The minimum Gasteiger partial charge on any atom is -0.394 e. The molecule has 0 radical (unpaired) electrons. The van der Waals surface area contributed by atoms with Crippen molar-refractivity contribution >= 4 is 12.2 Å². The van der Waals surface area contributed by atoms with Crippen molar-refractivity contribution in [2.75, 3.05) is 6.61 Å². The van der Waals surface area contributed by atoms with Gasteiger partial charge < -0.3 is 14.9 Å².